The van der Waals surface area contributed by atoms with E-state index < -0.39 is 10.0 Å². The fourth-order valence-electron chi connectivity index (χ4n) is 2.13. The maximum Gasteiger partial charge on any atom is 0.247 e. The zero-order chi connectivity index (χ0) is 15.5. The van der Waals surface area contributed by atoms with Crippen LogP contribution in [0.3, 0.4) is 0 Å². The average molecular weight is 317 g/mol. The molecule has 1 aromatic rings. The Morgan fingerprint density at radius 3 is 2.00 bits per heavy atom. The predicted octanol–water partition coefficient (Wildman–Crippen LogP) is 0.733. The van der Waals surface area contributed by atoms with Crippen molar-refractivity contribution in [2.45, 2.75) is 4.90 Å². The molecule has 0 N–H and O–H groups in total. The minimum absolute atomic E-state index is 0.0598. The van der Waals surface area contributed by atoms with Crippen molar-refractivity contribution in [3.63, 3.8) is 0 Å². The van der Waals surface area contributed by atoms with Crippen LogP contribution in [0.4, 0.5) is 0 Å². The van der Waals surface area contributed by atoms with E-state index >= 15 is 0 Å². The third-order valence-electron chi connectivity index (χ3n) is 3.26. The summed E-state index contributed by atoms with van der Waals surface area (Å²) >= 11 is 0. The summed E-state index contributed by atoms with van der Waals surface area (Å²) in [5, 5.41) is 0. The zero-order valence-electron chi connectivity index (χ0n) is 12.3. The van der Waals surface area contributed by atoms with Gasteiger partial charge in [-0.3, -0.25) is 0 Å². The minimum atomic E-state index is -3.67. The molecule has 0 amide bonds. The van der Waals surface area contributed by atoms with Crippen LogP contribution in [-0.2, 0) is 14.8 Å². The van der Waals surface area contributed by atoms with Gasteiger partial charge in [-0.2, -0.15) is 4.31 Å². The van der Waals surface area contributed by atoms with Crippen molar-refractivity contribution in [3.8, 4) is 17.2 Å². The molecule has 0 unspecified atom stereocenters. The van der Waals surface area contributed by atoms with Gasteiger partial charge < -0.3 is 18.9 Å². The Kier molecular flexibility index (Phi) is 4.92. The van der Waals surface area contributed by atoms with Gasteiger partial charge in [0, 0.05) is 25.2 Å². The summed E-state index contributed by atoms with van der Waals surface area (Å²) in [5.74, 6) is 0.972. The molecule has 0 saturated carbocycles. The molecule has 0 spiro atoms. The highest BCUT2D eigenvalue weighted by atomic mass is 32.2. The van der Waals surface area contributed by atoms with Gasteiger partial charge >= 0.3 is 0 Å². The molecule has 21 heavy (non-hydrogen) atoms. The first-order valence-electron chi connectivity index (χ1n) is 6.42. The highest BCUT2D eigenvalue weighted by molar-refractivity contribution is 7.89. The third-order valence-corrected chi connectivity index (χ3v) is 5.18. The van der Waals surface area contributed by atoms with Gasteiger partial charge in [-0.05, 0) is 0 Å². The lowest BCUT2D eigenvalue weighted by Crippen LogP contribution is -2.40. The van der Waals surface area contributed by atoms with Crippen LogP contribution in [-0.4, -0.2) is 60.4 Å². The third kappa shape index (κ3) is 3.07. The first-order chi connectivity index (χ1) is 10.0. The van der Waals surface area contributed by atoms with Gasteiger partial charge in [-0.15, -0.1) is 0 Å². The maximum atomic E-state index is 12.7. The maximum absolute atomic E-state index is 12.7. The number of hydrogen-bond acceptors (Lipinski definition) is 6. The Balaban J connectivity index is 2.50. The van der Waals surface area contributed by atoms with E-state index in [0.717, 1.165) is 0 Å². The molecule has 1 aliphatic heterocycles. The number of nitrogens with zero attached hydrogens (tertiary/aromatic N) is 1. The number of benzene rings is 1. The summed E-state index contributed by atoms with van der Waals surface area (Å²) in [7, 11) is 0.680. The molecule has 1 aliphatic rings. The number of ether oxygens (including phenoxy) is 4. The fourth-order valence-corrected chi connectivity index (χ4v) is 3.69. The van der Waals surface area contributed by atoms with Crippen LogP contribution in [0.2, 0.25) is 0 Å². The molecular weight excluding hydrogens is 298 g/mol. The van der Waals surface area contributed by atoms with Gasteiger partial charge in [-0.25, -0.2) is 8.42 Å². The van der Waals surface area contributed by atoms with E-state index in [9.17, 15) is 8.42 Å². The smallest absolute Gasteiger partial charge is 0.247 e. The van der Waals surface area contributed by atoms with E-state index in [4.69, 9.17) is 18.9 Å². The predicted molar refractivity (Wildman–Crippen MR) is 75.7 cm³/mol. The Morgan fingerprint density at radius 2 is 1.48 bits per heavy atom. The van der Waals surface area contributed by atoms with Gasteiger partial charge in [0.15, 0.2) is 11.5 Å². The topological polar surface area (TPSA) is 74.3 Å². The summed E-state index contributed by atoms with van der Waals surface area (Å²) < 4.78 is 47.5. The first-order valence-corrected chi connectivity index (χ1v) is 7.86. The summed E-state index contributed by atoms with van der Waals surface area (Å²) in [6, 6.07) is 2.93. The standard InChI is InChI=1S/C13H19NO6S/c1-17-10-8-12(19-3)13(9-11(10)18-2)21(15,16)14-4-6-20-7-5-14/h8-9H,4-7H2,1-3H3. The van der Waals surface area contributed by atoms with Crippen LogP contribution in [0.1, 0.15) is 0 Å². The van der Waals surface area contributed by atoms with Gasteiger partial charge in [-0.1, -0.05) is 0 Å². The van der Waals surface area contributed by atoms with Crippen molar-refractivity contribution in [2.24, 2.45) is 0 Å². The van der Waals surface area contributed by atoms with E-state index in [1.807, 2.05) is 0 Å². The number of methoxy groups -OCH3 is 3. The molecular formula is C13H19NO6S. The van der Waals surface area contributed by atoms with E-state index in [2.05, 4.69) is 0 Å². The van der Waals surface area contributed by atoms with Crippen LogP contribution in [0, 0.1) is 0 Å². The molecule has 0 bridgehead atoms. The van der Waals surface area contributed by atoms with Gasteiger partial charge in [0.1, 0.15) is 10.6 Å². The largest absolute Gasteiger partial charge is 0.495 e. The summed E-state index contributed by atoms with van der Waals surface area (Å²) in [4.78, 5) is 0.0598. The zero-order valence-corrected chi connectivity index (χ0v) is 13.1. The molecule has 0 radical (unpaired) electrons. The van der Waals surface area contributed by atoms with Crippen LogP contribution in [0.15, 0.2) is 17.0 Å². The van der Waals surface area contributed by atoms with Gasteiger partial charge in [0.2, 0.25) is 10.0 Å². The SMILES string of the molecule is COc1cc(OC)c(S(=O)(=O)N2CCOCC2)cc1OC. The van der Waals surface area contributed by atoms with E-state index in [1.54, 1.807) is 0 Å². The minimum Gasteiger partial charge on any atom is -0.495 e. The lowest BCUT2D eigenvalue weighted by molar-refractivity contribution is 0.0729. The number of morpholine rings is 1. The molecule has 0 aliphatic carbocycles. The van der Waals surface area contributed by atoms with Crippen LogP contribution < -0.4 is 14.2 Å². The van der Waals surface area contributed by atoms with E-state index in [1.165, 1.54) is 37.8 Å². The molecule has 0 atom stereocenters. The number of rotatable bonds is 5. The van der Waals surface area contributed by atoms with E-state index in [0.29, 0.717) is 37.8 Å². The Bertz CT molecular complexity index is 595. The fraction of sp³-hybridized carbons (Fsp3) is 0.538. The monoisotopic (exact) mass is 317 g/mol. The molecule has 8 heteroatoms. The molecule has 1 saturated heterocycles. The van der Waals surface area contributed by atoms with Gasteiger partial charge in [0.25, 0.3) is 0 Å². The highest BCUT2D eigenvalue weighted by Crippen LogP contribution is 2.38. The summed E-state index contributed by atoms with van der Waals surface area (Å²) in [5.41, 5.74) is 0. The second-order valence-corrected chi connectivity index (χ2v) is 6.28. The first kappa shape index (κ1) is 15.9. The van der Waals surface area contributed by atoms with Crippen molar-refractivity contribution >= 4 is 10.0 Å². The summed E-state index contributed by atoms with van der Waals surface area (Å²) in [6.45, 7) is 1.41. The van der Waals surface area contributed by atoms with Crippen molar-refractivity contribution in [2.75, 3.05) is 47.6 Å². The highest BCUT2D eigenvalue weighted by Gasteiger charge is 2.30. The van der Waals surface area contributed by atoms with Crippen LogP contribution in [0.5, 0.6) is 17.2 Å². The second-order valence-electron chi connectivity index (χ2n) is 4.37. The second kappa shape index (κ2) is 6.50. The quantitative estimate of drug-likeness (QED) is 0.797. The Hall–Kier alpha value is -1.51. The lowest BCUT2D eigenvalue weighted by Gasteiger charge is -2.27. The van der Waals surface area contributed by atoms with Crippen molar-refractivity contribution in [1.29, 1.82) is 0 Å². The van der Waals surface area contributed by atoms with Crippen LogP contribution >= 0.6 is 0 Å². The average Bonchev–Trinajstić information content (AvgIpc) is 2.54. The molecule has 2 rings (SSSR count). The van der Waals surface area contributed by atoms with Crippen molar-refractivity contribution < 1.29 is 27.4 Å². The Morgan fingerprint density at radius 1 is 0.952 bits per heavy atom. The molecule has 118 valence electrons. The number of sulfonamides is 1. The molecule has 0 aromatic heterocycles. The molecule has 1 fully saturated rings. The summed E-state index contributed by atoms with van der Waals surface area (Å²) in [6.07, 6.45) is 0. The number of hydrogen-bond donors (Lipinski definition) is 0. The van der Waals surface area contributed by atoms with Crippen molar-refractivity contribution in [3.05, 3.63) is 12.1 Å². The molecule has 7 nitrogen and oxygen atoms in total. The molecule has 1 aromatic carbocycles. The van der Waals surface area contributed by atoms with Crippen LogP contribution in [0.25, 0.3) is 0 Å². The Labute approximate surface area is 124 Å². The van der Waals surface area contributed by atoms with Crippen molar-refractivity contribution in [1.82, 2.24) is 4.31 Å². The van der Waals surface area contributed by atoms with E-state index in [-0.39, 0.29) is 10.6 Å². The van der Waals surface area contributed by atoms with Gasteiger partial charge in [0.05, 0.1) is 34.5 Å². The normalized spacial score (nSPS) is 16.5. The molecule has 1 heterocycles. The lowest BCUT2D eigenvalue weighted by atomic mass is 10.3.